The minimum absolute atomic E-state index is 0. The Morgan fingerprint density at radius 1 is 0.422 bits per heavy atom. The number of aromatic nitrogens is 7. The van der Waals surface area contributed by atoms with Crippen LogP contribution >= 0.6 is 0 Å². The summed E-state index contributed by atoms with van der Waals surface area (Å²) in [6.07, 6.45) is 7.24. The van der Waals surface area contributed by atoms with Gasteiger partial charge in [0.2, 0.25) is 5.95 Å². The van der Waals surface area contributed by atoms with Gasteiger partial charge in [0.05, 0.1) is 0 Å². The van der Waals surface area contributed by atoms with E-state index in [-0.39, 0.29) is 42.1 Å². The summed E-state index contributed by atoms with van der Waals surface area (Å²) in [6.45, 7) is 6.15. The molecule has 312 valence electrons. The minimum atomic E-state index is 0. The van der Waals surface area contributed by atoms with Crippen molar-refractivity contribution in [2.75, 3.05) is 0 Å². The molecular weight excluding hydrogens is 1160 g/mol. The fourth-order valence-corrected chi connectivity index (χ4v) is 8.78. The third kappa shape index (κ3) is 6.70. The number of pyridine rings is 2. The molecule has 6 aromatic heterocycles. The molecule has 0 unspecified atom stereocenters. The van der Waals surface area contributed by atoms with Crippen LogP contribution in [0.25, 0.3) is 83.0 Å². The Labute approximate surface area is 396 Å². The van der Waals surface area contributed by atoms with Crippen LogP contribution in [0.3, 0.4) is 0 Å². The maximum Gasteiger partial charge on any atom is 2.00 e. The van der Waals surface area contributed by atoms with Gasteiger partial charge in [0.15, 0.2) is 0 Å². The first-order valence-corrected chi connectivity index (χ1v) is 20.3. The van der Waals surface area contributed by atoms with Gasteiger partial charge in [-0.3, -0.25) is 0 Å². The van der Waals surface area contributed by atoms with E-state index in [1.807, 2.05) is 96.7 Å². The van der Waals surface area contributed by atoms with Gasteiger partial charge >= 0.3 is 42.1 Å². The Kier molecular flexibility index (Phi) is 10.5. The van der Waals surface area contributed by atoms with Crippen LogP contribution in [-0.4, -0.2) is 33.6 Å². The van der Waals surface area contributed by atoms with Crippen LogP contribution in [0, 0.1) is 45.0 Å². The molecule has 0 saturated carbocycles. The van der Waals surface area contributed by atoms with Crippen molar-refractivity contribution in [2.45, 2.75) is 20.8 Å². The number of ether oxygens (including phenoxy) is 2. The zero-order valence-corrected chi connectivity index (χ0v) is 39.0. The second-order valence-electron chi connectivity index (χ2n) is 15.4. The number of hydrogen-bond donors (Lipinski definition) is 0. The fraction of sp³-hybridized carbons (Fsp3) is 0.0566. The molecule has 11 heteroatoms. The molecule has 0 aliphatic carbocycles. The van der Waals surface area contributed by atoms with Gasteiger partial charge in [0.25, 0.3) is 0 Å². The Balaban J connectivity index is 0.00000242. The molecule has 0 spiro atoms. The van der Waals surface area contributed by atoms with Crippen LogP contribution in [0.15, 0.2) is 146 Å². The first-order chi connectivity index (χ1) is 30.5. The van der Waals surface area contributed by atoms with Gasteiger partial charge in [0, 0.05) is 58.8 Å². The monoisotopic (exact) mass is 1190 g/mol. The number of benzene rings is 6. The van der Waals surface area contributed by atoms with Crippen molar-refractivity contribution < 1.29 is 51.6 Å². The third-order valence-corrected chi connectivity index (χ3v) is 11.4. The maximum atomic E-state index is 6.66. The Hall–Kier alpha value is -6.92. The van der Waals surface area contributed by atoms with Crippen molar-refractivity contribution in [2.24, 2.45) is 0 Å². The first kappa shape index (κ1) is 41.1. The summed E-state index contributed by atoms with van der Waals surface area (Å²) in [5.74, 6) is 4.26. The zero-order valence-electron chi connectivity index (χ0n) is 34.4. The Morgan fingerprint density at radius 2 is 0.859 bits per heavy atom. The SMILES string of the molecule is Cc1cnc(-n2c3[c-]c(Oc4[c-]c5c(cc4)c4ccccc4n5-c4ccccn4)cc(C)c3c3c(C)cc(Oc4[c-]c5c(cc4)c4ccccc4n5-c4ccccn4)[c-]c32)nc1.[Pt+2].[Pt+2]. The molecule has 0 fully saturated rings. The molecule has 0 bridgehead atoms. The van der Waals surface area contributed by atoms with E-state index in [9.17, 15) is 0 Å². The second kappa shape index (κ2) is 16.3. The van der Waals surface area contributed by atoms with E-state index >= 15 is 0 Å². The molecule has 0 aliphatic rings. The standard InChI is InChI=1S/C53H33N7O2.2Pt/c1-32-30-56-53(57-31-32)60-47-28-37(61-35-18-20-41-39-12-4-6-14-43(39)58(45(41)26-35)49-16-8-10-22-54-49)24-33(2)51(47)52-34(3)25-38(29-48(52)60)62-36-19-21-42-40-13-5-7-15-44(40)59(46(42)27-36)50-17-9-11-23-55-50;;/h4-25,30-31H,1-3H3;;/q-4;2*+2. The topological polar surface area (TPSA) is 84.8 Å². The van der Waals surface area contributed by atoms with E-state index in [1.165, 1.54) is 0 Å². The van der Waals surface area contributed by atoms with E-state index in [1.54, 1.807) is 12.4 Å². The molecule has 0 aliphatic heterocycles. The average Bonchev–Trinajstić information content (AvgIpc) is 3.93. The number of hydrogen-bond acceptors (Lipinski definition) is 6. The number of rotatable bonds is 7. The molecule has 0 saturated heterocycles. The fourth-order valence-electron chi connectivity index (χ4n) is 8.78. The smallest absolute Gasteiger partial charge is 0.509 e. The van der Waals surface area contributed by atoms with Crippen molar-refractivity contribution in [3.8, 4) is 40.6 Å². The quantitative estimate of drug-likeness (QED) is 0.148. The number of para-hydroxylation sites is 2. The Morgan fingerprint density at radius 3 is 1.31 bits per heavy atom. The predicted octanol–water partition coefficient (Wildman–Crippen LogP) is 12.3. The molecule has 6 heterocycles. The van der Waals surface area contributed by atoms with Crippen molar-refractivity contribution in [1.82, 2.24) is 33.6 Å². The Bertz CT molecular complexity index is 3510. The first-order valence-electron chi connectivity index (χ1n) is 20.3. The summed E-state index contributed by atoms with van der Waals surface area (Å²) < 4.78 is 19.5. The number of nitrogens with zero attached hydrogens (tertiary/aromatic N) is 7. The van der Waals surface area contributed by atoms with E-state index in [4.69, 9.17) is 19.4 Å². The summed E-state index contributed by atoms with van der Waals surface area (Å²) in [5.41, 5.74) is 8.29. The summed E-state index contributed by atoms with van der Waals surface area (Å²) in [7, 11) is 0. The van der Waals surface area contributed by atoms with Gasteiger partial charge in [-0.15, -0.1) is 59.3 Å². The van der Waals surface area contributed by atoms with Gasteiger partial charge in [-0.1, -0.05) is 84.4 Å². The molecule has 12 rings (SSSR count). The van der Waals surface area contributed by atoms with Crippen LogP contribution in [0.1, 0.15) is 16.7 Å². The van der Waals surface area contributed by atoms with Crippen molar-refractivity contribution in [3.63, 3.8) is 0 Å². The number of aryl methyl sites for hydroxylation is 3. The second-order valence-corrected chi connectivity index (χ2v) is 15.4. The summed E-state index contributed by atoms with van der Waals surface area (Å²) in [6, 6.07) is 54.9. The van der Waals surface area contributed by atoms with Gasteiger partial charge < -0.3 is 23.2 Å². The van der Waals surface area contributed by atoms with Crippen LogP contribution in [0.4, 0.5) is 0 Å². The maximum absolute atomic E-state index is 6.66. The summed E-state index contributed by atoms with van der Waals surface area (Å²) in [4.78, 5) is 19.0. The molecule has 0 N–H and O–H groups in total. The van der Waals surface area contributed by atoms with Crippen molar-refractivity contribution >= 4 is 65.4 Å². The molecule has 0 atom stereocenters. The van der Waals surface area contributed by atoms with Gasteiger partial charge in [-0.2, -0.15) is 34.0 Å². The molecule has 6 aromatic carbocycles. The van der Waals surface area contributed by atoms with Gasteiger partial charge in [-0.05, 0) is 59.7 Å². The summed E-state index contributed by atoms with van der Waals surface area (Å²) in [5, 5.41) is 6.34. The zero-order chi connectivity index (χ0) is 41.5. The molecule has 0 radical (unpaired) electrons. The van der Waals surface area contributed by atoms with Gasteiger partial charge in [0.1, 0.15) is 11.6 Å². The molecule has 9 nitrogen and oxygen atoms in total. The number of fused-ring (bicyclic) bond motifs is 9. The predicted molar refractivity (Wildman–Crippen MR) is 243 cm³/mol. The average molecular weight is 1190 g/mol. The summed E-state index contributed by atoms with van der Waals surface area (Å²) >= 11 is 0. The van der Waals surface area contributed by atoms with Crippen LogP contribution in [0.2, 0.25) is 0 Å². The van der Waals surface area contributed by atoms with Crippen molar-refractivity contribution in [1.29, 1.82) is 0 Å². The van der Waals surface area contributed by atoms with E-state index in [0.29, 0.717) is 28.9 Å². The largest absolute Gasteiger partial charge is 2.00 e. The van der Waals surface area contributed by atoms with E-state index < -0.39 is 0 Å². The van der Waals surface area contributed by atoms with E-state index in [2.05, 4.69) is 106 Å². The van der Waals surface area contributed by atoms with Crippen molar-refractivity contribution in [3.05, 3.63) is 187 Å². The van der Waals surface area contributed by atoms with Gasteiger partial charge in [-0.25, -0.2) is 19.9 Å². The molecular formula is C53H33N7O2Pt2. The van der Waals surface area contributed by atoms with Crippen LogP contribution in [-0.2, 0) is 42.1 Å². The molecule has 0 amide bonds. The normalized spacial score (nSPS) is 11.4. The minimum Gasteiger partial charge on any atom is -0.509 e. The van der Waals surface area contributed by atoms with Crippen LogP contribution < -0.4 is 9.47 Å². The molecule has 12 aromatic rings. The van der Waals surface area contributed by atoms with E-state index in [0.717, 1.165) is 93.7 Å². The van der Waals surface area contributed by atoms with Crippen LogP contribution in [0.5, 0.6) is 23.0 Å². The third-order valence-electron chi connectivity index (χ3n) is 11.4. The molecule has 64 heavy (non-hydrogen) atoms.